The molecule has 1 atom stereocenters. The summed E-state index contributed by atoms with van der Waals surface area (Å²) in [4.78, 5) is 2.42. The average molecular weight is 282 g/mol. The number of para-hydroxylation sites is 3. The Bertz CT molecular complexity index is 570. The van der Waals surface area contributed by atoms with Crippen LogP contribution in [0.3, 0.4) is 0 Å². The second-order valence-electron chi connectivity index (χ2n) is 5.64. The van der Waals surface area contributed by atoms with Crippen molar-refractivity contribution < 1.29 is 4.74 Å². The van der Waals surface area contributed by atoms with E-state index >= 15 is 0 Å². The van der Waals surface area contributed by atoms with E-state index in [1.165, 1.54) is 5.69 Å². The summed E-state index contributed by atoms with van der Waals surface area (Å²) >= 11 is 0. The molecule has 2 aromatic carbocycles. The molecule has 21 heavy (non-hydrogen) atoms. The summed E-state index contributed by atoms with van der Waals surface area (Å²) in [7, 11) is 0. The SMILES string of the molecule is CC1CNCCN(c2ccccc2Oc2ccccc2)C1. The fourth-order valence-corrected chi connectivity index (χ4v) is 2.73. The minimum atomic E-state index is 0.636. The maximum absolute atomic E-state index is 6.08. The van der Waals surface area contributed by atoms with Gasteiger partial charge in [-0.2, -0.15) is 0 Å². The minimum Gasteiger partial charge on any atom is -0.455 e. The van der Waals surface area contributed by atoms with E-state index in [-0.39, 0.29) is 0 Å². The highest BCUT2D eigenvalue weighted by Gasteiger charge is 2.17. The van der Waals surface area contributed by atoms with Crippen LogP contribution in [0.4, 0.5) is 5.69 Å². The molecule has 2 aromatic rings. The van der Waals surface area contributed by atoms with Crippen LogP contribution in [0.5, 0.6) is 11.5 Å². The molecule has 1 aliphatic rings. The van der Waals surface area contributed by atoms with Gasteiger partial charge < -0.3 is 15.0 Å². The van der Waals surface area contributed by atoms with E-state index in [2.05, 4.69) is 29.3 Å². The zero-order valence-corrected chi connectivity index (χ0v) is 12.5. The van der Waals surface area contributed by atoms with Gasteiger partial charge in [0.2, 0.25) is 0 Å². The molecular weight excluding hydrogens is 260 g/mol. The maximum Gasteiger partial charge on any atom is 0.150 e. The van der Waals surface area contributed by atoms with Crippen molar-refractivity contribution in [1.29, 1.82) is 0 Å². The normalized spacial score (nSPS) is 19.1. The van der Waals surface area contributed by atoms with Crippen molar-refractivity contribution in [2.24, 2.45) is 5.92 Å². The van der Waals surface area contributed by atoms with Crippen LogP contribution in [0.1, 0.15) is 6.92 Å². The summed E-state index contributed by atoms with van der Waals surface area (Å²) in [5, 5.41) is 3.48. The first-order chi connectivity index (χ1) is 10.3. The molecule has 0 saturated carbocycles. The monoisotopic (exact) mass is 282 g/mol. The molecule has 0 radical (unpaired) electrons. The number of hydrogen-bond donors (Lipinski definition) is 1. The summed E-state index contributed by atoms with van der Waals surface area (Å²) in [5.74, 6) is 2.45. The molecule has 110 valence electrons. The third kappa shape index (κ3) is 3.56. The second kappa shape index (κ2) is 6.64. The zero-order chi connectivity index (χ0) is 14.5. The van der Waals surface area contributed by atoms with Crippen molar-refractivity contribution in [3.05, 3.63) is 54.6 Å². The number of anilines is 1. The highest BCUT2D eigenvalue weighted by atomic mass is 16.5. The van der Waals surface area contributed by atoms with Crippen molar-refractivity contribution in [2.45, 2.75) is 6.92 Å². The molecule has 3 rings (SSSR count). The van der Waals surface area contributed by atoms with Crippen molar-refractivity contribution in [1.82, 2.24) is 5.32 Å². The van der Waals surface area contributed by atoms with Gasteiger partial charge in [-0.15, -0.1) is 0 Å². The van der Waals surface area contributed by atoms with Crippen LogP contribution in [0.2, 0.25) is 0 Å². The van der Waals surface area contributed by atoms with Crippen LogP contribution in [0.25, 0.3) is 0 Å². The molecule has 0 aromatic heterocycles. The van der Waals surface area contributed by atoms with Gasteiger partial charge in [-0.25, -0.2) is 0 Å². The van der Waals surface area contributed by atoms with Gasteiger partial charge in [-0.1, -0.05) is 37.3 Å². The van der Waals surface area contributed by atoms with Gasteiger partial charge in [0.15, 0.2) is 5.75 Å². The summed E-state index contributed by atoms with van der Waals surface area (Å²) in [6, 6.07) is 18.3. The Hall–Kier alpha value is -2.00. The van der Waals surface area contributed by atoms with Gasteiger partial charge in [0.25, 0.3) is 0 Å². The number of nitrogens with one attached hydrogen (secondary N) is 1. The van der Waals surface area contributed by atoms with Gasteiger partial charge in [0.05, 0.1) is 5.69 Å². The number of ether oxygens (including phenoxy) is 1. The topological polar surface area (TPSA) is 24.5 Å². The molecule has 1 aliphatic heterocycles. The molecule has 0 aliphatic carbocycles. The highest BCUT2D eigenvalue weighted by molar-refractivity contribution is 5.59. The fourth-order valence-electron chi connectivity index (χ4n) is 2.73. The summed E-state index contributed by atoms with van der Waals surface area (Å²) in [6.45, 7) is 6.45. The van der Waals surface area contributed by atoms with Crippen LogP contribution in [-0.2, 0) is 0 Å². The molecule has 0 bridgehead atoms. The molecule has 1 heterocycles. The van der Waals surface area contributed by atoms with Crippen molar-refractivity contribution in [3.63, 3.8) is 0 Å². The average Bonchev–Trinajstić information content (AvgIpc) is 2.73. The molecule has 1 fully saturated rings. The first-order valence-corrected chi connectivity index (χ1v) is 7.60. The molecular formula is C18H22N2O. The Morgan fingerprint density at radius 1 is 1.05 bits per heavy atom. The Kier molecular flexibility index (Phi) is 4.41. The third-order valence-electron chi connectivity index (χ3n) is 3.76. The van der Waals surface area contributed by atoms with E-state index in [0.717, 1.165) is 37.7 Å². The van der Waals surface area contributed by atoms with E-state index in [1.54, 1.807) is 0 Å². The maximum atomic E-state index is 6.08. The number of hydrogen-bond acceptors (Lipinski definition) is 3. The largest absolute Gasteiger partial charge is 0.455 e. The molecule has 0 amide bonds. The van der Waals surface area contributed by atoms with E-state index in [1.807, 2.05) is 42.5 Å². The lowest BCUT2D eigenvalue weighted by Crippen LogP contribution is -2.29. The zero-order valence-electron chi connectivity index (χ0n) is 12.5. The lowest BCUT2D eigenvalue weighted by Gasteiger charge is -2.26. The molecule has 0 spiro atoms. The van der Waals surface area contributed by atoms with Gasteiger partial charge in [-0.3, -0.25) is 0 Å². The molecule has 3 nitrogen and oxygen atoms in total. The fraction of sp³-hybridized carbons (Fsp3) is 0.333. The smallest absolute Gasteiger partial charge is 0.150 e. The lowest BCUT2D eigenvalue weighted by molar-refractivity contribution is 0.480. The van der Waals surface area contributed by atoms with Crippen LogP contribution >= 0.6 is 0 Å². The predicted octanol–water partition coefficient (Wildman–Crippen LogP) is 3.52. The molecule has 1 saturated heterocycles. The second-order valence-corrected chi connectivity index (χ2v) is 5.64. The lowest BCUT2D eigenvalue weighted by atomic mass is 10.1. The minimum absolute atomic E-state index is 0.636. The van der Waals surface area contributed by atoms with Gasteiger partial charge in [0.1, 0.15) is 5.75 Å². The third-order valence-corrected chi connectivity index (χ3v) is 3.76. The van der Waals surface area contributed by atoms with Gasteiger partial charge in [-0.05, 0) is 36.7 Å². The number of nitrogens with zero attached hydrogens (tertiary/aromatic N) is 1. The summed E-state index contributed by atoms with van der Waals surface area (Å²) < 4.78 is 6.08. The van der Waals surface area contributed by atoms with Gasteiger partial charge in [0, 0.05) is 19.6 Å². The summed E-state index contributed by atoms with van der Waals surface area (Å²) in [5.41, 5.74) is 1.18. The molecule has 1 N–H and O–H groups in total. The Balaban J connectivity index is 1.85. The van der Waals surface area contributed by atoms with E-state index < -0.39 is 0 Å². The quantitative estimate of drug-likeness (QED) is 0.932. The van der Waals surface area contributed by atoms with Crippen molar-refractivity contribution in [2.75, 3.05) is 31.1 Å². The molecule has 3 heteroatoms. The first-order valence-electron chi connectivity index (χ1n) is 7.60. The van der Waals surface area contributed by atoms with E-state index in [0.29, 0.717) is 5.92 Å². The van der Waals surface area contributed by atoms with E-state index in [4.69, 9.17) is 4.74 Å². The predicted molar refractivity (Wildman–Crippen MR) is 87.2 cm³/mol. The molecule has 1 unspecified atom stereocenters. The van der Waals surface area contributed by atoms with Crippen molar-refractivity contribution >= 4 is 5.69 Å². The number of rotatable bonds is 3. The van der Waals surface area contributed by atoms with Gasteiger partial charge >= 0.3 is 0 Å². The number of benzene rings is 2. The summed E-state index contributed by atoms with van der Waals surface area (Å²) in [6.07, 6.45) is 0. The van der Waals surface area contributed by atoms with Crippen LogP contribution < -0.4 is 15.0 Å². The van der Waals surface area contributed by atoms with E-state index in [9.17, 15) is 0 Å². The van der Waals surface area contributed by atoms with Crippen LogP contribution in [-0.4, -0.2) is 26.2 Å². The van der Waals surface area contributed by atoms with Crippen LogP contribution in [0.15, 0.2) is 54.6 Å². The first kappa shape index (κ1) is 14.0. The standard InChI is InChI=1S/C18H22N2O/c1-15-13-19-11-12-20(14-15)17-9-5-6-10-18(17)21-16-7-3-2-4-8-16/h2-10,15,19H,11-14H2,1H3. The van der Waals surface area contributed by atoms with Crippen molar-refractivity contribution in [3.8, 4) is 11.5 Å². The van der Waals surface area contributed by atoms with Crippen LogP contribution in [0, 0.1) is 5.92 Å². The highest BCUT2D eigenvalue weighted by Crippen LogP contribution is 2.32. The Morgan fingerprint density at radius 2 is 1.81 bits per heavy atom. The Morgan fingerprint density at radius 3 is 2.67 bits per heavy atom. The Labute approximate surface area is 126 Å².